The number of nitrogens with zero attached hydrogens (tertiary/aromatic N) is 1. The van der Waals surface area contributed by atoms with Crippen molar-refractivity contribution >= 4 is 23.3 Å². The number of amides is 2. The lowest BCUT2D eigenvalue weighted by atomic mass is 10.0. The lowest BCUT2D eigenvalue weighted by Gasteiger charge is -2.35. The number of carbonyl (C=O) groups is 1. The second kappa shape index (κ2) is 8.99. The number of carbonyl (C=O) groups excluding carboxylic acids is 1. The highest BCUT2D eigenvalue weighted by Gasteiger charge is 2.23. The summed E-state index contributed by atoms with van der Waals surface area (Å²) in [6, 6.07) is 7.85. The molecule has 0 saturated carbocycles. The lowest BCUT2D eigenvalue weighted by Crippen LogP contribution is -2.52. The van der Waals surface area contributed by atoms with Crippen LogP contribution in [0, 0.1) is 0 Å². The summed E-state index contributed by atoms with van der Waals surface area (Å²) in [5.74, 6) is 0. The van der Waals surface area contributed by atoms with Gasteiger partial charge in [0.1, 0.15) is 0 Å². The van der Waals surface area contributed by atoms with Crippen molar-refractivity contribution in [2.24, 2.45) is 0 Å². The number of halogens is 1. The van der Waals surface area contributed by atoms with Gasteiger partial charge in [-0.15, -0.1) is 0 Å². The fourth-order valence-corrected chi connectivity index (χ4v) is 3.20. The number of hydrogen-bond acceptors (Lipinski definition) is 3. The summed E-state index contributed by atoms with van der Waals surface area (Å²) in [5, 5.41) is 15.5. The van der Waals surface area contributed by atoms with Crippen LogP contribution in [0.4, 0.5) is 10.5 Å². The molecule has 23 heavy (non-hydrogen) atoms. The largest absolute Gasteiger partial charge is 0.396 e. The Bertz CT molecular complexity index is 512. The number of aliphatic hydroxyl groups is 1. The Morgan fingerprint density at radius 2 is 2.26 bits per heavy atom. The van der Waals surface area contributed by atoms with Crippen molar-refractivity contribution in [3.8, 4) is 0 Å². The van der Waals surface area contributed by atoms with E-state index in [1.54, 1.807) is 0 Å². The molecule has 1 saturated heterocycles. The van der Waals surface area contributed by atoms with E-state index < -0.39 is 0 Å². The van der Waals surface area contributed by atoms with Crippen LogP contribution < -0.4 is 15.5 Å². The first kappa shape index (κ1) is 17.9. The first-order valence-electron chi connectivity index (χ1n) is 8.27. The Hall–Kier alpha value is -1.46. The number of para-hydroxylation sites is 1. The fraction of sp³-hybridized carbons (Fsp3) is 0.588. The summed E-state index contributed by atoms with van der Waals surface area (Å²) >= 11 is 6.27. The van der Waals surface area contributed by atoms with Crippen LogP contribution in [0.15, 0.2) is 24.3 Å². The molecule has 0 radical (unpaired) electrons. The summed E-state index contributed by atoms with van der Waals surface area (Å²) in [5.41, 5.74) is 1.03. The van der Waals surface area contributed by atoms with Gasteiger partial charge in [0.15, 0.2) is 0 Å². The molecule has 0 aliphatic carbocycles. The van der Waals surface area contributed by atoms with Gasteiger partial charge in [0, 0.05) is 31.8 Å². The van der Waals surface area contributed by atoms with Crippen molar-refractivity contribution in [3.63, 3.8) is 0 Å². The number of benzene rings is 1. The van der Waals surface area contributed by atoms with Crippen molar-refractivity contribution in [2.45, 2.75) is 44.7 Å². The van der Waals surface area contributed by atoms with E-state index in [4.69, 9.17) is 16.7 Å². The van der Waals surface area contributed by atoms with E-state index in [-0.39, 0.29) is 24.7 Å². The molecule has 5 nitrogen and oxygen atoms in total. The topological polar surface area (TPSA) is 64.6 Å². The third-order valence-corrected chi connectivity index (χ3v) is 4.44. The second-order valence-corrected chi connectivity index (χ2v) is 6.53. The molecule has 128 valence electrons. The van der Waals surface area contributed by atoms with Gasteiger partial charge in [-0.2, -0.15) is 0 Å². The summed E-state index contributed by atoms with van der Waals surface area (Å²) in [7, 11) is 0. The molecule has 1 fully saturated rings. The van der Waals surface area contributed by atoms with E-state index in [1.807, 2.05) is 31.2 Å². The zero-order valence-corrected chi connectivity index (χ0v) is 14.4. The molecule has 1 aromatic carbocycles. The molecule has 2 amide bonds. The van der Waals surface area contributed by atoms with Crippen LogP contribution in [-0.2, 0) is 0 Å². The van der Waals surface area contributed by atoms with E-state index >= 15 is 0 Å². The van der Waals surface area contributed by atoms with Gasteiger partial charge in [0.25, 0.3) is 0 Å². The smallest absolute Gasteiger partial charge is 0.315 e. The number of hydrogen-bond donors (Lipinski definition) is 3. The fourth-order valence-electron chi connectivity index (χ4n) is 2.94. The first-order chi connectivity index (χ1) is 11.1. The summed E-state index contributed by atoms with van der Waals surface area (Å²) in [4.78, 5) is 14.3. The van der Waals surface area contributed by atoms with Crippen LogP contribution in [0.5, 0.6) is 0 Å². The minimum absolute atomic E-state index is 0.0606. The van der Waals surface area contributed by atoms with E-state index in [0.29, 0.717) is 6.42 Å². The zero-order valence-electron chi connectivity index (χ0n) is 13.6. The predicted octanol–water partition coefficient (Wildman–Crippen LogP) is 2.77. The highest BCUT2D eigenvalue weighted by atomic mass is 35.5. The Balaban J connectivity index is 1.84. The minimum atomic E-state index is -0.138. The number of anilines is 1. The number of aliphatic hydroxyl groups excluding tert-OH is 1. The number of piperidine rings is 1. The molecule has 1 aromatic rings. The highest BCUT2D eigenvalue weighted by molar-refractivity contribution is 6.33. The highest BCUT2D eigenvalue weighted by Crippen LogP contribution is 2.27. The van der Waals surface area contributed by atoms with Crippen molar-refractivity contribution < 1.29 is 9.90 Å². The normalized spacial score (nSPS) is 19.3. The Kier molecular flexibility index (Phi) is 6.99. The van der Waals surface area contributed by atoms with Gasteiger partial charge in [-0.25, -0.2) is 4.79 Å². The molecule has 3 N–H and O–H groups in total. The van der Waals surface area contributed by atoms with Gasteiger partial charge in [-0.1, -0.05) is 23.7 Å². The van der Waals surface area contributed by atoms with Crippen LogP contribution >= 0.6 is 11.6 Å². The SMILES string of the molecule is CC(CCCO)NC(=O)NC1CCCN(c2ccccc2Cl)C1. The molecule has 6 heteroatoms. The Morgan fingerprint density at radius 3 is 3.00 bits per heavy atom. The third kappa shape index (κ3) is 5.59. The van der Waals surface area contributed by atoms with Crippen LogP contribution in [0.2, 0.25) is 5.02 Å². The maximum Gasteiger partial charge on any atom is 0.315 e. The molecule has 1 aliphatic rings. The van der Waals surface area contributed by atoms with Crippen molar-refractivity contribution in [1.82, 2.24) is 10.6 Å². The molecular formula is C17H26ClN3O2. The molecule has 0 spiro atoms. The monoisotopic (exact) mass is 339 g/mol. The molecule has 1 aliphatic heterocycles. The van der Waals surface area contributed by atoms with Crippen LogP contribution in [0.1, 0.15) is 32.6 Å². The van der Waals surface area contributed by atoms with Gasteiger partial charge in [0.05, 0.1) is 10.7 Å². The van der Waals surface area contributed by atoms with E-state index in [2.05, 4.69) is 15.5 Å². The zero-order chi connectivity index (χ0) is 16.7. The van der Waals surface area contributed by atoms with Gasteiger partial charge >= 0.3 is 6.03 Å². The van der Waals surface area contributed by atoms with Crippen LogP contribution in [-0.4, -0.2) is 42.9 Å². The molecule has 2 atom stereocenters. The van der Waals surface area contributed by atoms with Gasteiger partial charge in [-0.05, 0) is 44.7 Å². The Morgan fingerprint density at radius 1 is 1.48 bits per heavy atom. The number of nitrogens with one attached hydrogen (secondary N) is 2. The Labute approximate surface area is 143 Å². The maximum atomic E-state index is 12.1. The summed E-state index contributed by atoms with van der Waals surface area (Å²) in [6.07, 6.45) is 3.47. The van der Waals surface area contributed by atoms with Gasteiger partial charge in [-0.3, -0.25) is 0 Å². The van der Waals surface area contributed by atoms with Crippen molar-refractivity contribution in [2.75, 3.05) is 24.6 Å². The standard InChI is InChI=1S/C17H26ClN3O2/c1-13(6-5-11-22)19-17(23)20-14-7-4-10-21(12-14)16-9-3-2-8-15(16)18/h2-3,8-9,13-14,22H,4-7,10-12H2,1H3,(H2,19,20,23). The summed E-state index contributed by atoms with van der Waals surface area (Å²) < 4.78 is 0. The molecule has 2 unspecified atom stereocenters. The van der Waals surface area contributed by atoms with Gasteiger partial charge < -0.3 is 20.6 Å². The molecule has 0 bridgehead atoms. The molecule has 2 rings (SSSR count). The van der Waals surface area contributed by atoms with E-state index in [0.717, 1.165) is 43.1 Å². The second-order valence-electron chi connectivity index (χ2n) is 6.12. The van der Waals surface area contributed by atoms with Crippen LogP contribution in [0.25, 0.3) is 0 Å². The molecular weight excluding hydrogens is 314 g/mol. The van der Waals surface area contributed by atoms with Crippen molar-refractivity contribution in [3.05, 3.63) is 29.3 Å². The van der Waals surface area contributed by atoms with Crippen LogP contribution in [0.3, 0.4) is 0 Å². The average Bonchev–Trinajstić information content (AvgIpc) is 2.53. The molecule has 1 heterocycles. The number of urea groups is 1. The minimum Gasteiger partial charge on any atom is -0.396 e. The third-order valence-electron chi connectivity index (χ3n) is 4.12. The maximum absolute atomic E-state index is 12.1. The quantitative estimate of drug-likeness (QED) is 0.746. The number of rotatable bonds is 6. The van der Waals surface area contributed by atoms with Crippen molar-refractivity contribution in [1.29, 1.82) is 0 Å². The van der Waals surface area contributed by atoms with E-state index in [9.17, 15) is 4.79 Å². The average molecular weight is 340 g/mol. The molecule has 0 aromatic heterocycles. The predicted molar refractivity (Wildman–Crippen MR) is 94.1 cm³/mol. The summed E-state index contributed by atoms with van der Waals surface area (Å²) in [6.45, 7) is 3.83. The van der Waals surface area contributed by atoms with Gasteiger partial charge in [0.2, 0.25) is 0 Å². The van der Waals surface area contributed by atoms with E-state index in [1.165, 1.54) is 0 Å². The first-order valence-corrected chi connectivity index (χ1v) is 8.65. The lowest BCUT2D eigenvalue weighted by molar-refractivity contribution is 0.229.